The van der Waals surface area contributed by atoms with Crippen LogP contribution in [0.2, 0.25) is 0 Å². The zero-order valence-electron chi connectivity index (χ0n) is 13.9. The lowest BCUT2D eigenvalue weighted by molar-refractivity contribution is -0.136. The van der Waals surface area contributed by atoms with Crippen LogP contribution < -0.4 is 0 Å². The summed E-state index contributed by atoms with van der Waals surface area (Å²) in [6.07, 6.45) is 0.845. The molecular formula is C20H21NO3. The third kappa shape index (κ3) is 2.26. The fourth-order valence-electron chi connectivity index (χ4n) is 4.20. The van der Waals surface area contributed by atoms with Crippen LogP contribution in [0.25, 0.3) is 16.3 Å². The van der Waals surface area contributed by atoms with Gasteiger partial charge in [-0.15, -0.1) is 0 Å². The number of ether oxygens (including phenoxy) is 1. The van der Waals surface area contributed by atoms with Gasteiger partial charge in [-0.05, 0) is 47.9 Å². The number of aliphatic hydroxyl groups is 1. The predicted octanol–water partition coefficient (Wildman–Crippen LogP) is 2.60. The highest BCUT2D eigenvalue weighted by molar-refractivity contribution is 6.01. The number of benzene rings is 2. The van der Waals surface area contributed by atoms with Gasteiger partial charge in [-0.2, -0.15) is 0 Å². The number of methoxy groups -OCH3 is 1. The van der Waals surface area contributed by atoms with E-state index in [9.17, 15) is 9.90 Å². The second kappa shape index (κ2) is 5.72. The van der Waals surface area contributed by atoms with E-state index in [0.29, 0.717) is 18.4 Å². The Hall–Kier alpha value is -2.17. The van der Waals surface area contributed by atoms with E-state index < -0.39 is 6.10 Å². The molecule has 0 spiro atoms. The lowest BCUT2D eigenvalue weighted by Gasteiger charge is -2.34. The Morgan fingerprint density at radius 3 is 2.71 bits per heavy atom. The van der Waals surface area contributed by atoms with E-state index in [1.165, 1.54) is 12.5 Å². The highest BCUT2D eigenvalue weighted by Gasteiger charge is 2.47. The molecule has 0 radical (unpaired) electrons. The fraction of sp³-hybridized carbons (Fsp3) is 0.350. The molecule has 2 heterocycles. The largest absolute Gasteiger partial charge is 0.466 e. The first-order chi connectivity index (χ1) is 11.6. The highest BCUT2D eigenvalue weighted by Crippen LogP contribution is 2.43. The van der Waals surface area contributed by atoms with Gasteiger partial charge >= 0.3 is 5.97 Å². The molecule has 1 N–H and O–H groups in total. The van der Waals surface area contributed by atoms with Crippen LogP contribution in [0.1, 0.15) is 18.4 Å². The molecule has 0 aromatic heterocycles. The van der Waals surface area contributed by atoms with E-state index in [2.05, 4.69) is 35.2 Å². The number of nitrogens with zero attached hydrogens (tertiary/aromatic N) is 1. The van der Waals surface area contributed by atoms with Crippen molar-refractivity contribution in [3.05, 3.63) is 53.6 Å². The Balaban J connectivity index is 1.88. The lowest BCUT2D eigenvalue weighted by Crippen LogP contribution is -2.42. The number of carbonyl (C=O) groups excluding carboxylic acids is 1. The summed E-state index contributed by atoms with van der Waals surface area (Å²) in [6.45, 7) is 0. The summed E-state index contributed by atoms with van der Waals surface area (Å²) < 4.78 is 5.06. The van der Waals surface area contributed by atoms with Crippen molar-refractivity contribution in [1.29, 1.82) is 0 Å². The molecule has 1 saturated heterocycles. The van der Waals surface area contributed by atoms with Gasteiger partial charge in [0.05, 0.1) is 18.8 Å². The SMILES string of the molecule is COC(=O)C1=C(c2ccc3ccccc3c2)C[C@H]2[C@@H](O)C[C@H]1N2C. The Morgan fingerprint density at radius 2 is 1.96 bits per heavy atom. The van der Waals surface area contributed by atoms with Gasteiger partial charge in [0.25, 0.3) is 0 Å². The molecule has 3 atom stereocenters. The predicted molar refractivity (Wildman–Crippen MR) is 93.5 cm³/mol. The number of likely N-dealkylation sites (N-methyl/N-ethyl adjacent to an activating group) is 1. The van der Waals surface area contributed by atoms with Crippen molar-refractivity contribution in [1.82, 2.24) is 4.90 Å². The van der Waals surface area contributed by atoms with Gasteiger partial charge in [-0.25, -0.2) is 4.79 Å². The van der Waals surface area contributed by atoms with Crippen molar-refractivity contribution in [2.75, 3.05) is 14.2 Å². The number of rotatable bonds is 2. The molecule has 124 valence electrons. The number of fused-ring (bicyclic) bond motifs is 3. The van der Waals surface area contributed by atoms with E-state index in [-0.39, 0.29) is 18.1 Å². The van der Waals surface area contributed by atoms with Crippen molar-refractivity contribution >= 4 is 22.3 Å². The smallest absolute Gasteiger partial charge is 0.335 e. The minimum absolute atomic E-state index is 0.0601. The fourth-order valence-corrected chi connectivity index (χ4v) is 4.20. The van der Waals surface area contributed by atoms with Crippen LogP contribution in [-0.4, -0.2) is 48.3 Å². The molecule has 4 nitrogen and oxygen atoms in total. The van der Waals surface area contributed by atoms with Crippen molar-refractivity contribution in [2.45, 2.75) is 31.0 Å². The second-order valence-electron chi connectivity index (χ2n) is 6.70. The van der Waals surface area contributed by atoms with E-state index in [1.807, 2.05) is 19.2 Å². The van der Waals surface area contributed by atoms with Gasteiger partial charge in [0.15, 0.2) is 0 Å². The van der Waals surface area contributed by atoms with Crippen LogP contribution in [0.5, 0.6) is 0 Å². The second-order valence-corrected chi connectivity index (χ2v) is 6.70. The van der Waals surface area contributed by atoms with Crippen LogP contribution in [0.4, 0.5) is 0 Å². The molecule has 2 aliphatic heterocycles. The molecule has 2 aromatic rings. The molecule has 0 amide bonds. The van der Waals surface area contributed by atoms with E-state index in [4.69, 9.17) is 4.74 Å². The normalized spacial score (nSPS) is 26.9. The molecular weight excluding hydrogens is 302 g/mol. The third-order valence-corrected chi connectivity index (χ3v) is 5.50. The van der Waals surface area contributed by atoms with Crippen LogP contribution >= 0.6 is 0 Å². The molecule has 2 aromatic carbocycles. The summed E-state index contributed by atoms with van der Waals surface area (Å²) >= 11 is 0. The van der Waals surface area contributed by atoms with E-state index in [0.717, 1.165) is 16.5 Å². The summed E-state index contributed by atoms with van der Waals surface area (Å²) in [6, 6.07) is 14.5. The van der Waals surface area contributed by atoms with Crippen molar-refractivity contribution in [2.24, 2.45) is 0 Å². The summed E-state index contributed by atoms with van der Waals surface area (Å²) in [5.41, 5.74) is 2.76. The summed E-state index contributed by atoms with van der Waals surface area (Å²) in [5, 5.41) is 12.7. The van der Waals surface area contributed by atoms with Crippen LogP contribution in [0.15, 0.2) is 48.0 Å². The maximum Gasteiger partial charge on any atom is 0.335 e. The third-order valence-electron chi connectivity index (χ3n) is 5.50. The number of esters is 1. The first kappa shape index (κ1) is 15.4. The van der Waals surface area contributed by atoms with Gasteiger partial charge in [0.2, 0.25) is 0 Å². The zero-order valence-corrected chi connectivity index (χ0v) is 13.9. The molecule has 4 heteroatoms. The van der Waals surface area contributed by atoms with Crippen LogP contribution in [0, 0.1) is 0 Å². The molecule has 1 fully saturated rings. The van der Waals surface area contributed by atoms with Crippen molar-refractivity contribution < 1.29 is 14.6 Å². The Morgan fingerprint density at radius 1 is 1.21 bits per heavy atom. The molecule has 0 saturated carbocycles. The summed E-state index contributed by atoms with van der Waals surface area (Å²) in [7, 11) is 3.40. The van der Waals surface area contributed by atoms with Crippen LogP contribution in [-0.2, 0) is 9.53 Å². The summed E-state index contributed by atoms with van der Waals surface area (Å²) in [5.74, 6) is -0.289. The molecule has 0 unspecified atom stereocenters. The quantitative estimate of drug-likeness (QED) is 0.863. The average Bonchev–Trinajstić information content (AvgIpc) is 2.79. The Bertz CT molecular complexity index is 842. The first-order valence-corrected chi connectivity index (χ1v) is 8.30. The maximum absolute atomic E-state index is 12.5. The molecule has 0 aliphatic carbocycles. The molecule has 4 rings (SSSR count). The molecule has 2 aliphatic rings. The first-order valence-electron chi connectivity index (χ1n) is 8.30. The highest BCUT2D eigenvalue weighted by atomic mass is 16.5. The number of hydrogen-bond donors (Lipinski definition) is 1. The minimum atomic E-state index is -0.405. The number of hydrogen-bond acceptors (Lipinski definition) is 4. The van der Waals surface area contributed by atoms with E-state index >= 15 is 0 Å². The number of carbonyl (C=O) groups is 1. The average molecular weight is 323 g/mol. The van der Waals surface area contributed by atoms with Crippen LogP contribution in [0.3, 0.4) is 0 Å². The van der Waals surface area contributed by atoms with Crippen molar-refractivity contribution in [3.8, 4) is 0 Å². The van der Waals surface area contributed by atoms with Gasteiger partial charge < -0.3 is 9.84 Å². The molecule has 2 bridgehead atoms. The summed E-state index contributed by atoms with van der Waals surface area (Å²) in [4.78, 5) is 14.6. The molecule has 24 heavy (non-hydrogen) atoms. The topological polar surface area (TPSA) is 49.8 Å². The zero-order chi connectivity index (χ0) is 16.8. The minimum Gasteiger partial charge on any atom is -0.466 e. The standard InChI is InChI=1S/C20H21NO3/c1-21-16-10-15(19(20(23)24-2)17(21)11-18(16)22)14-8-7-12-5-3-4-6-13(12)9-14/h3-9,16-18,22H,10-11H2,1-2H3/t16-,17+,18-/m0/s1. The number of aliphatic hydroxyl groups excluding tert-OH is 1. The van der Waals surface area contributed by atoms with Gasteiger partial charge in [-0.1, -0.05) is 36.4 Å². The van der Waals surface area contributed by atoms with Gasteiger partial charge in [0, 0.05) is 12.1 Å². The lowest BCUT2D eigenvalue weighted by atomic mass is 9.88. The van der Waals surface area contributed by atoms with Crippen molar-refractivity contribution in [3.63, 3.8) is 0 Å². The Labute approximate surface area is 141 Å². The Kier molecular flexibility index (Phi) is 3.66. The monoisotopic (exact) mass is 323 g/mol. The van der Waals surface area contributed by atoms with Gasteiger partial charge in [-0.3, -0.25) is 4.90 Å². The maximum atomic E-state index is 12.5. The van der Waals surface area contributed by atoms with E-state index in [1.54, 1.807) is 0 Å². The van der Waals surface area contributed by atoms with Gasteiger partial charge in [0.1, 0.15) is 0 Å².